The summed E-state index contributed by atoms with van der Waals surface area (Å²) in [4.78, 5) is 228. The number of likely N-dealkylation sites (tertiary alicyclic amines) is 3. The van der Waals surface area contributed by atoms with Gasteiger partial charge < -0.3 is 87.4 Å². The SMILES string of the molecule is C=CCCC(NC(=O)[C@@H]1[C@@H]2[C@H](CN1C(=O)[C@@H](NC(=O)OC(C)(C)C)C(C)(C)C)C2(C)C)C(=O)C(=O)NCCC(=O)NCc1ccccc1.C=CCNC(=O)C(=O)C(CCC)NC(=O)[C@@H]1[C@@H]2[C@H](CN1C(=O)[C@@H](NC(=O)OC(C)(C)C)C1Cc3ccccc3C1)C2(Cl)Cl.CCCC(NC(=O)[C@@H]1[C@@H]2[C@H](CN1C(=O)[C@@H](NC(=O)OC(C)(C)C)C(C)(C)C)C2(Cl)Cl)C(=O)C(=O)NCC(=O)NCc1ccccc1. The molecule has 6 fully saturated rings. The molecular weight excluding hydrogens is 1850 g/mol. The first-order chi connectivity index (χ1) is 63.7. The zero-order valence-electron chi connectivity index (χ0n) is 81.9. The second-order valence-electron chi connectivity index (χ2n) is 41.8. The lowest BCUT2D eigenvalue weighted by Crippen LogP contribution is -2.61. The van der Waals surface area contributed by atoms with Gasteiger partial charge in [-0.1, -0.05) is 179 Å². The molecule has 14 amide bonds. The average molecular weight is 1990 g/mol. The lowest BCUT2D eigenvalue weighted by molar-refractivity contribution is -0.145. The predicted octanol–water partition coefficient (Wildman–Crippen LogP) is 9.18. The molecule has 15 atom stereocenters. The van der Waals surface area contributed by atoms with E-state index in [1.807, 2.05) is 126 Å². The number of carbonyl (C=O) groups excluding carboxylic acids is 17. The Bertz CT molecular complexity index is 4940. The number of hydrogen-bond donors (Lipinski definition) is 11. The van der Waals surface area contributed by atoms with Gasteiger partial charge in [0.2, 0.25) is 64.6 Å². The first-order valence-electron chi connectivity index (χ1n) is 46.7. The maximum absolute atomic E-state index is 14.3. The number of nitrogens with zero attached hydrogens (tertiary/aromatic N) is 3. The second-order valence-corrected chi connectivity index (χ2v) is 44.6. The summed E-state index contributed by atoms with van der Waals surface area (Å²) in [5, 5.41) is 28.9. The zero-order chi connectivity index (χ0) is 102. The Hall–Kier alpha value is -10.7. The minimum Gasteiger partial charge on any atom is -0.444 e. The van der Waals surface area contributed by atoms with Gasteiger partial charge in [-0.2, -0.15) is 0 Å². The van der Waals surface area contributed by atoms with E-state index in [0.717, 1.165) is 22.3 Å². The number of rotatable bonds is 37. The number of benzene rings is 3. The fourth-order valence-corrected chi connectivity index (χ4v) is 19.6. The van der Waals surface area contributed by atoms with Crippen LogP contribution < -0.4 is 58.5 Å². The van der Waals surface area contributed by atoms with Crippen LogP contribution in [-0.2, 0) is 107 Å². The molecule has 3 aliphatic heterocycles. The molecule has 137 heavy (non-hydrogen) atoms. The lowest BCUT2D eigenvalue weighted by atomic mass is 9.85. The molecule has 0 aromatic heterocycles. The fourth-order valence-electron chi connectivity index (χ4n) is 17.9. The third-order valence-corrected chi connectivity index (χ3v) is 27.2. The van der Waals surface area contributed by atoms with Crippen LogP contribution in [0.1, 0.15) is 199 Å². The third-order valence-electron chi connectivity index (χ3n) is 25.1. The molecule has 752 valence electrons. The summed E-state index contributed by atoms with van der Waals surface area (Å²) in [5.41, 5.74) is -0.0804. The van der Waals surface area contributed by atoms with Crippen LogP contribution in [0, 0.1) is 57.7 Å². The summed E-state index contributed by atoms with van der Waals surface area (Å²) in [6, 6.07) is 16.7. The number of nitrogens with one attached hydrogen (secondary N) is 11. The van der Waals surface area contributed by atoms with Gasteiger partial charge in [0.25, 0.3) is 17.7 Å². The molecule has 4 aliphatic carbocycles. The molecule has 38 heteroatoms. The van der Waals surface area contributed by atoms with Gasteiger partial charge in [0.05, 0.1) is 24.7 Å². The Morgan fingerprint density at radius 1 is 0.431 bits per heavy atom. The van der Waals surface area contributed by atoms with Crippen molar-refractivity contribution in [3.8, 4) is 0 Å². The Morgan fingerprint density at radius 3 is 1.18 bits per heavy atom. The molecule has 3 saturated carbocycles. The molecular formula is C99H138Cl4N14O20. The number of alkyl carbamates (subject to hydrolysis) is 3. The van der Waals surface area contributed by atoms with E-state index in [-0.39, 0.29) is 93.4 Å². The van der Waals surface area contributed by atoms with Crippen LogP contribution in [-0.4, -0.2) is 234 Å². The number of carbonyl (C=O) groups is 17. The Labute approximate surface area is 822 Å². The van der Waals surface area contributed by atoms with E-state index in [2.05, 4.69) is 71.6 Å². The first-order valence-corrected chi connectivity index (χ1v) is 48.2. The number of ketones is 3. The zero-order valence-corrected chi connectivity index (χ0v) is 85.0. The van der Waals surface area contributed by atoms with Crippen molar-refractivity contribution >= 4 is 147 Å². The smallest absolute Gasteiger partial charge is 0.408 e. The standard InChI is InChI=1S/C36H53N5O7.C32H45Cl2N5O7.C31H40Cl2N4O6/c1-10-11-17-24(28(43)31(45)37-19-18-25(42)38-20-22-15-13-12-14-16-22)39-30(44)27-26-23(36(26,8)9)21-41(27)32(46)29(34(2,3)4)40-33(47)48-35(5,6)7;1-8-12-20(24(41)27(43)36-16-21(40)35-15-18-13-10-9-11-14-18)37-26(42)23-22-19(32(22,33)34)17-39(23)28(44)25(30(2,3)4)38-29(45)46-31(5,6)7;1-6-10-21(25(38)27(40)34-13-7-2)35-26(39)24-22-20(31(22,32)33)16-37(24)28(41)23(36-29(42)43-30(3,4)5)19-14-17-11-8-9-12-18(17)15-19/h10,12-16,23-24,26-27,29H,1,11,17-21H2,2-9H3,(H,37,45)(H,38,42)(H,39,44)(H,40,47);9-11,13-14,19-20,22-23,25H,8,12,15-17H2,1-7H3,(H,35,40)(H,36,43)(H,37,42)(H,38,45);7-9,11-12,19-24H,2,6,10,13-16H2,1,3-5H3,(H,34,40)(H,35,39)(H,36,42)/t23-,24?,26-,27-,29+;19-,20?,22-,23-,25+;20-,21?,22-,23-,24-/m000/s1. The van der Waals surface area contributed by atoms with E-state index in [4.69, 9.17) is 60.6 Å². The Morgan fingerprint density at radius 2 is 0.788 bits per heavy atom. The first kappa shape index (κ1) is 112. The molecule has 3 saturated heterocycles. The number of halogens is 4. The van der Waals surface area contributed by atoms with Gasteiger partial charge in [-0.15, -0.1) is 59.6 Å². The van der Waals surface area contributed by atoms with Crippen molar-refractivity contribution in [2.24, 2.45) is 57.7 Å². The van der Waals surface area contributed by atoms with Crippen molar-refractivity contribution in [1.82, 2.24) is 73.2 Å². The summed E-state index contributed by atoms with van der Waals surface area (Å²) in [6.45, 7) is 41.8. The molecule has 3 unspecified atom stereocenters. The molecule has 11 N–H and O–H groups in total. The number of Topliss-reactive ketones (excluding diaryl/α,β-unsaturated/α-hetero) is 3. The van der Waals surface area contributed by atoms with E-state index in [1.165, 1.54) is 20.8 Å². The molecule has 0 radical (unpaired) electrons. The summed E-state index contributed by atoms with van der Waals surface area (Å²) >= 11 is 26.0. The highest BCUT2D eigenvalue weighted by Crippen LogP contribution is 2.67. The number of allylic oxidation sites excluding steroid dienone is 1. The number of ether oxygens (including phenoxy) is 3. The van der Waals surface area contributed by atoms with Crippen molar-refractivity contribution in [2.75, 3.05) is 39.3 Å². The minimum absolute atomic E-state index is 0.0287. The van der Waals surface area contributed by atoms with Gasteiger partial charge in [0, 0.05) is 75.9 Å². The Balaban J connectivity index is 0.000000253. The number of amides is 14. The van der Waals surface area contributed by atoms with Crippen LogP contribution in [0.25, 0.3) is 0 Å². The maximum Gasteiger partial charge on any atom is 0.408 e. The van der Waals surface area contributed by atoms with Gasteiger partial charge in [-0.05, 0) is 157 Å². The fraction of sp³-hybridized carbons (Fsp3) is 0.606. The van der Waals surface area contributed by atoms with Crippen molar-refractivity contribution in [3.63, 3.8) is 0 Å². The molecule has 3 aromatic carbocycles. The van der Waals surface area contributed by atoms with Crippen molar-refractivity contribution in [3.05, 3.63) is 132 Å². The largest absolute Gasteiger partial charge is 0.444 e. The maximum atomic E-state index is 14.3. The van der Waals surface area contributed by atoms with Crippen LogP contribution in [0.4, 0.5) is 14.4 Å². The monoisotopic (exact) mass is 1980 g/mol. The summed E-state index contributed by atoms with van der Waals surface area (Å²) in [5.74, 6) is -11.8. The summed E-state index contributed by atoms with van der Waals surface area (Å²) in [7, 11) is 0. The molecule has 7 aliphatic rings. The third kappa shape index (κ3) is 29.9. The topological polar surface area (TPSA) is 460 Å². The van der Waals surface area contributed by atoms with Gasteiger partial charge in [0.15, 0.2) is 0 Å². The van der Waals surface area contributed by atoms with Gasteiger partial charge in [-0.25, -0.2) is 14.4 Å². The van der Waals surface area contributed by atoms with E-state index in [0.29, 0.717) is 45.2 Å². The van der Waals surface area contributed by atoms with E-state index in [9.17, 15) is 81.5 Å². The summed E-state index contributed by atoms with van der Waals surface area (Å²) < 4.78 is 13.8. The van der Waals surface area contributed by atoms with Gasteiger partial charge in [-0.3, -0.25) is 67.1 Å². The number of piperidine rings is 3. The quantitative estimate of drug-likeness (QED) is 0.0111. The summed E-state index contributed by atoms with van der Waals surface area (Å²) in [6.07, 6.45) is 3.64. The van der Waals surface area contributed by atoms with Crippen molar-refractivity contribution in [2.45, 2.75) is 282 Å². The lowest BCUT2D eigenvalue weighted by Gasteiger charge is -2.38. The van der Waals surface area contributed by atoms with Crippen molar-refractivity contribution < 1.29 is 95.7 Å². The van der Waals surface area contributed by atoms with E-state index < -0.39 is 210 Å². The normalized spacial score (nSPS) is 21.7. The minimum atomic E-state index is -1.26. The number of alkyl halides is 4. The molecule has 3 aromatic rings. The van der Waals surface area contributed by atoms with Crippen LogP contribution >= 0.6 is 46.4 Å². The van der Waals surface area contributed by atoms with Crippen molar-refractivity contribution in [1.29, 1.82) is 0 Å². The average Bonchev–Trinajstić information content (AvgIpc) is 1.53. The molecule has 10 rings (SSSR count). The second kappa shape index (κ2) is 46.4. The molecule has 0 bridgehead atoms. The number of fused-ring (bicyclic) bond motifs is 4. The molecule has 0 spiro atoms. The highest BCUT2D eigenvalue weighted by molar-refractivity contribution is 6.52. The van der Waals surface area contributed by atoms with Gasteiger partial charge in [0.1, 0.15) is 61.7 Å². The van der Waals surface area contributed by atoms with E-state index in [1.54, 1.807) is 96.1 Å². The van der Waals surface area contributed by atoms with Gasteiger partial charge >= 0.3 is 18.3 Å². The van der Waals surface area contributed by atoms with Crippen LogP contribution in [0.3, 0.4) is 0 Å². The number of hydrogen-bond acceptors (Lipinski definition) is 20. The van der Waals surface area contributed by atoms with Crippen LogP contribution in [0.2, 0.25) is 0 Å². The highest BCUT2D eigenvalue weighted by Gasteiger charge is 2.76. The molecule has 3 heterocycles. The van der Waals surface area contributed by atoms with Crippen LogP contribution in [0.5, 0.6) is 0 Å². The highest BCUT2D eigenvalue weighted by atomic mass is 35.5. The Kier molecular flexibility index (Phi) is 37.8. The van der Waals surface area contributed by atoms with Crippen LogP contribution in [0.15, 0.2) is 110 Å². The predicted molar refractivity (Wildman–Crippen MR) is 516 cm³/mol. The van der Waals surface area contributed by atoms with E-state index >= 15 is 0 Å². The molecule has 34 nitrogen and oxygen atoms in total.